The first-order valence-electron chi connectivity index (χ1n) is 30.4. The molecule has 1 aliphatic rings. The van der Waals surface area contributed by atoms with Gasteiger partial charge in [0.2, 0.25) is 35.4 Å². The molecule has 1 fully saturated rings. The van der Waals surface area contributed by atoms with E-state index in [9.17, 15) is 43.2 Å². The van der Waals surface area contributed by atoms with E-state index >= 15 is 0 Å². The number of carbonyl (C=O) groups is 9. The normalized spacial score (nSPS) is 16.6. The predicted octanol–water partition coefficient (Wildman–Crippen LogP) is 5.89. The van der Waals surface area contributed by atoms with Gasteiger partial charge < -0.3 is 61.2 Å². The smallest absolute Gasteiger partial charge is 0.410 e. The van der Waals surface area contributed by atoms with Crippen molar-refractivity contribution in [3.63, 3.8) is 0 Å². The van der Waals surface area contributed by atoms with Crippen LogP contribution in [0.15, 0.2) is 66.2 Å². The monoisotopic (exact) mass is 1250 g/mol. The number of hydrogen-bond donors (Lipinski definition) is 7. The Balaban J connectivity index is 1.42. The number of thiazole rings is 1. The van der Waals surface area contributed by atoms with Crippen LogP contribution in [0.3, 0.4) is 0 Å². The second-order valence-electron chi connectivity index (χ2n) is 23.9. The molecule has 0 bridgehead atoms. The number of ether oxygens (including phenoxy) is 3. The largest absolute Gasteiger partial charge is 0.445 e. The highest BCUT2D eigenvalue weighted by Crippen LogP contribution is 2.32. The molecule has 2 aromatic carbocycles. The first-order chi connectivity index (χ1) is 41.8. The van der Waals surface area contributed by atoms with Crippen molar-refractivity contribution < 1.29 is 62.2 Å². The lowest BCUT2D eigenvalue weighted by Crippen LogP contribution is -2.55. The molecule has 88 heavy (non-hydrogen) atoms. The van der Waals surface area contributed by atoms with E-state index in [-0.39, 0.29) is 92.1 Å². The molecule has 0 saturated carbocycles. The van der Waals surface area contributed by atoms with Crippen LogP contribution in [0.4, 0.5) is 15.3 Å². The van der Waals surface area contributed by atoms with Gasteiger partial charge in [-0.2, -0.15) is 0 Å². The Morgan fingerprint density at radius 3 is 2.05 bits per heavy atom. The number of primary amides is 1. The highest BCUT2D eigenvalue weighted by atomic mass is 32.1. The van der Waals surface area contributed by atoms with Crippen molar-refractivity contribution in [3.8, 4) is 0 Å². The van der Waals surface area contributed by atoms with Gasteiger partial charge in [0, 0.05) is 71.0 Å². The first kappa shape index (κ1) is 73.4. The van der Waals surface area contributed by atoms with Crippen LogP contribution in [0.5, 0.6) is 0 Å². The summed E-state index contributed by atoms with van der Waals surface area (Å²) in [5.74, 6) is -0.438. The lowest BCUT2D eigenvalue weighted by Gasteiger charge is -2.41. The Bertz CT molecular complexity index is 2720. The first-order valence-corrected chi connectivity index (χ1v) is 31.3. The molecule has 1 saturated heterocycles. The lowest BCUT2D eigenvalue weighted by atomic mass is 9.83. The van der Waals surface area contributed by atoms with Gasteiger partial charge in [-0.3, -0.25) is 38.4 Å². The number of aromatic nitrogens is 1. The van der Waals surface area contributed by atoms with Crippen LogP contribution in [0, 0.1) is 35.5 Å². The number of likely N-dealkylation sites (N-methyl/N-ethyl adjacent to an activating group) is 2. The minimum atomic E-state index is -1.09. The fourth-order valence-corrected chi connectivity index (χ4v) is 12.1. The topological polar surface area (TPSA) is 325 Å². The molecule has 11 atom stereocenters. The number of likely N-dealkylation sites (tertiary alicyclic amines) is 1. The molecule has 0 unspecified atom stereocenters. The number of amides is 9. The van der Waals surface area contributed by atoms with Gasteiger partial charge >= 0.3 is 12.1 Å². The third-order valence-electron chi connectivity index (χ3n) is 16.5. The fraction of sp³-hybridized carbons (Fsp3) is 0.619. The quantitative estimate of drug-likeness (QED) is 0.0264. The van der Waals surface area contributed by atoms with E-state index in [0.717, 1.165) is 10.6 Å². The Kier molecular flexibility index (Phi) is 30.4. The van der Waals surface area contributed by atoms with Crippen LogP contribution in [-0.4, -0.2) is 163 Å². The number of nitrogens with one attached hydrogen (secondary N) is 5. The molecule has 0 spiro atoms. The zero-order valence-corrected chi connectivity index (χ0v) is 54.4. The molecule has 0 aliphatic carbocycles. The molecule has 4 rings (SSSR count). The molecular weight excluding hydrogens is 1150 g/mol. The van der Waals surface area contributed by atoms with E-state index in [4.69, 9.17) is 25.8 Å². The van der Waals surface area contributed by atoms with Gasteiger partial charge in [0.1, 0.15) is 30.3 Å². The van der Waals surface area contributed by atoms with Crippen LogP contribution in [0.25, 0.3) is 0 Å². The summed E-state index contributed by atoms with van der Waals surface area (Å²) in [6, 6.07) is 11.2. The number of anilines is 1. The van der Waals surface area contributed by atoms with Crippen LogP contribution >= 0.6 is 11.3 Å². The average Bonchev–Trinajstić information content (AvgIpc) is 2.41. The molecule has 1 aromatic heterocycles. The van der Waals surface area contributed by atoms with Gasteiger partial charge in [-0.15, -0.1) is 11.3 Å². The Labute approximate surface area is 522 Å². The standard InChI is InChI=1S/C63H97N11O13S/c1-14-40(8)55(50(84-12)34-52(77)74-30-19-23-48(74)56(85-13)41(9)57(78)70-47(60-66-29-31-88-60)32-42-20-16-15-17-21-42)72(10)61(81)45(37(2)3)33-49(75)54(39(6)7)73(11)63(83)86-35-43-24-26-44(27-25-43)68-58(79)46(22-18-28-67-62(64)82)69-59(80)53(38(4)5)71-51(76)36-87-65/h15-17,20-21,24-27,29,31,37-41,45-48,50,53-56H,14,18-19,22-23,28,30,32-36,65H2,1-13H3,(H,68,79)(H,69,80)(H,70,78)(H,71,76)(H3,64,67,82)/t40-,41+,45-,46-,47-,48-,50+,53-,54-,55-,56+/m0/s1. The summed E-state index contributed by atoms with van der Waals surface area (Å²) in [5.41, 5.74) is 7.16. The molecule has 24 nitrogen and oxygen atoms in total. The van der Waals surface area contributed by atoms with E-state index in [2.05, 4.69) is 36.4 Å². The number of Topliss-reactive ketones (excluding diaryl/α,β-unsaturated/α-hetero) is 1. The van der Waals surface area contributed by atoms with Crippen LogP contribution < -0.4 is 38.2 Å². The number of hydrogen-bond acceptors (Lipinski definition) is 16. The van der Waals surface area contributed by atoms with Crippen LogP contribution in [0.2, 0.25) is 0 Å². The number of urea groups is 1. The third-order valence-corrected chi connectivity index (χ3v) is 17.4. The summed E-state index contributed by atoms with van der Waals surface area (Å²) in [4.78, 5) is 136. The minimum absolute atomic E-state index is 0.0493. The number of ketones is 1. The summed E-state index contributed by atoms with van der Waals surface area (Å²) >= 11 is 1.47. The van der Waals surface area contributed by atoms with E-state index in [1.54, 1.807) is 68.3 Å². The second kappa shape index (κ2) is 36.4. The number of rotatable bonds is 36. The van der Waals surface area contributed by atoms with Crippen molar-refractivity contribution in [1.82, 2.24) is 41.0 Å². The molecule has 25 heteroatoms. The highest BCUT2D eigenvalue weighted by Gasteiger charge is 2.44. The van der Waals surface area contributed by atoms with Gasteiger partial charge in [0.15, 0.2) is 5.78 Å². The lowest BCUT2D eigenvalue weighted by molar-refractivity contribution is -0.149. The fourth-order valence-electron chi connectivity index (χ4n) is 11.5. The molecule has 3 aromatic rings. The van der Waals surface area contributed by atoms with Gasteiger partial charge in [-0.05, 0) is 79.0 Å². The van der Waals surface area contributed by atoms with Crippen molar-refractivity contribution in [3.05, 3.63) is 82.3 Å². The molecule has 9 N–H and O–H groups in total. The average molecular weight is 1250 g/mol. The molecular formula is C63H97N11O13S. The molecule has 488 valence electrons. The maximum absolute atomic E-state index is 14.9. The van der Waals surface area contributed by atoms with E-state index in [1.165, 1.54) is 30.4 Å². The van der Waals surface area contributed by atoms with Crippen LogP contribution in [-0.2, 0) is 65.6 Å². The van der Waals surface area contributed by atoms with Crippen molar-refractivity contribution in [2.24, 2.45) is 47.1 Å². The van der Waals surface area contributed by atoms with E-state index in [1.807, 2.05) is 84.2 Å². The Hall–Kier alpha value is -7.06. The summed E-state index contributed by atoms with van der Waals surface area (Å²) < 4.78 is 17.9. The molecule has 2 heterocycles. The maximum atomic E-state index is 14.9. The molecule has 0 radical (unpaired) electrons. The number of methoxy groups -OCH3 is 2. The second-order valence-corrected chi connectivity index (χ2v) is 24.8. The van der Waals surface area contributed by atoms with Crippen molar-refractivity contribution >= 4 is 70.4 Å². The summed E-state index contributed by atoms with van der Waals surface area (Å²) in [6.07, 6.45) is 2.29. The number of nitrogens with zero attached hydrogens (tertiary/aromatic N) is 4. The number of nitrogens with two attached hydrogens (primary N) is 2. The van der Waals surface area contributed by atoms with Crippen molar-refractivity contribution in [2.45, 2.75) is 169 Å². The van der Waals surface area contributed by atoms with Crippen LogP contribution in [0.1, 0.15) is 129 Å². The van der Waals surface area contributed by atoms with Gasteiger partial charge in [0.05, 0.1) is 48.7 Å². The van der Waals surface area contributed by atoms with Gasteiger partial charge in [-0.25, -0.2) is 20.5 Å². The minimum Gasteiger partial charge on any atom is -0.445 e. The highest BCUT2D eigenvalue weighted by molar-refractivity contribution is 7.09. The summed E-state index contributed by atoms with van der Waals surface area (Å²) in [5, 5.41) is 16.4. The Morgan fingerprint density at radius 1 is 0.795 bits per heavy atom. The number of carbonyl (C=O) groups excluding carboxylic acids is 9. The predicted molar refractivity (Wildman–Crippen MR) is 335 cm³/mol. The van der Waals surface area contributed by atoms with Gasteiger partial charge in [-0.1, -0.05) is 111 Å². The Morgan fingerprint density at radius 2 is 1.48 bits per heavy atom. The van der Waals surface area contributed by atoms with Crippen molar-refractivity contribution in [2.75, 3.05) is 53.3 Å². The molecule has 1 aliphatic heterocycles. The summed E-state index contributed by atoms with van der Waals surface area (Å²) in [6.45, 7) is 16.6. The SMILES string of the molecule is CC[C@H](C)[C@@H]([C@@H](CC(=O)N1CCC[C@H]1[C@H](OC)[C@@H](C)C(=O)N[C@@H](Cc1ccccc1)c1nccs1)OC)N(C)C(=O)[C@@H](CC(=O)[C@H](C(C)C)N(C)C(=O)OCc1ccc(NC(=O)[C@H](CCCNC(N)=O)NC(=O)[C@@H](NC(=O)CON)C(C)C)cc1)C(C)C. The third kappa shape index (κ3) is 21.6. The summed E-state index contributed by atoms with van der Waals surface area (Å²) in [7, 11) is 6.27. The number of benzene rings is 2. The van der Waals surface area contributed by atoms with Gasteiger partial charge in [0.25, 0.3) is 0 Å². The zero-order chi connectivity index (χ0) is 65.4. The molecule has 9 amide bonds. The van der Waals surface area contributed by atoms with Crippen molar-refractivity contribution in [1.29, 1.82) is 0 Å². The van der Waals surface area contributed by atoms with E-state index < -0.39 is 90.7 Å². The maximum Gasteiger partial charge on any atom is 0.410 e. The zero-order valence-electron chi connectivity index (χ0n) is 53.6. The van der Waals surface area contributed by atoms with E-state index in [0.29, 0.717) is 43.5 Å².